The average molecular weight is 208 g/mol. The van der Waals surface area contributed by atoms with Gasteiger partial charge in [-0.3, -0.25) is 0 Å². The molecule has 0 aliphatic carbocycles. The molecule has 0 N–H and O–H groups in total. The maximum absolute atomic E-state index is 4.95. The summed E-state index contributed by atoms with van der Waals surface area (Å²) in [7, 11) is 9.90. The molecule has 48 valence electrons. The second kappa shape index (κ2) is 15.7. The van der Waals surface area contributed by atoms with Crippen molar-refractivity contribution in [3.8, 4) is 0 Å². The van der Waals surface area contributed by atoms with Crippen LogP contribution in [0.1, 0.15) is 33.1 Å². The Morgan fingerprint density at radius 3 is 1.38 bits per heavy atom. The molecule has 0 heterocycles. The van der Waals surface area contributed by atoms with E-state index in [0.717, 1.165) is 0 Å². The van der Waals surface area contributed by atoms with E-state index in [1.54, 1.807) is 0 Å². The molecule has 0 aliphatic rings. The number of rotatable bonds is 2. The molecule has 0 bridgehead atoms. The molecular weight excluding hydrogens is 196 g/mol. The third-order valence-electron chi connectivity index (χ3n) is 0.707. The molecule has 0 amide bonds. The summed E-state index contributed by atoms with van der Waals surface area (Å²) in [5.74, 6) is 0. The van der Waals surface area contributed by atoms with Crippen molar-refractivity contribution in [1.29, 1.82) is 0 Å². The fourth-order valence-electron chi connectivity index (χ4n) is 0.354. The first-order valence-electron chi connectivity index (χ1n) is 2.95. The van der Waals surface area contributed by atoms with Gasteiger partial charge in [-0.15, -0.1) is 0 Å². The molecule has 8 heavy (non-hydrogen) atoms. The Balaban J connectivity index is 0. The van der Waals surface area contributed by atoms with Gasteiger partial charge in [-0.1, -0.05) is 33.1 Å². The molecule has 0 saturated carbocycles. The van der Waals surface area contributed by atoms with Crippen molar-refractivity contribution in [2.75, 3.05) is 0 Å². The van der Waals surface area contributed by atoms with Crippen LogP contribution >= 0.6 is 19.4 Å². The molecule has 0 aliphatic heterocycles. The Morgan fingerprint density at radius 1 is 1.12 bits per heavy atom. The van der Waals surface area contributed by atoms with Gasteiger partial charge in [0.25, 0.3) is 0 Å². The second-order valence-corrected chi connectivity index (χ2v) is 6.08. The number of hydrogen-bond acceptors (Lipinski definition) is 0. The molecule has 0 aromatic heterocycles. The zero-order valence-electron chi connectivity index (χ0n) is 5.58. The Morgan fingerprint density at radius 2 is 1.38 bits per heavy atom. The average Bonchev–Trinajstić information content (AvgIpc) is 1.71. The van der Waals surface area contributed by atoms with Crippen LogP contribution in [0.3, 0.4) is 0 Å². The van der Waals surface area contributed by atoms with E-state index in [1.807, 2.05) is 0 Å². The van der Waals surface area contributed by atoms with Crippen LogP contribution in [-0.4, -0.2) is 0 Å². The number of hydrogen-bond donors (Lipinski definition) is 0. The first-order chi connectivity index (χ1) is 3.83. The Hall–Kier alpha value is 1.20. The summed E-state index contributed by atoms with van der Waals surface area (Å²) in [5, 5.41) is 0. The van der Waals surface area contributed by atoms with Gasteiger partial charge in [-0.25, -0.2) is 0 Å². The van der Waals surface area contributed by atoms with E-state index in [9.17, 15) is 0 Å². The molecule has 0 radical (unpaired) electrons. The van der Waals surface area contributed by atoms with Crippen LogP contribution in [-0.2, 0) is 15.1 Å². The SMILES string of the molecule is CCCCC.[Cl][Zn][Cl]. The second-order valence-electron chi connectivity index (χ2n) is 1.45. The third-order valence-corrected chi connectivity index (χ3v) is 0.707. The standard InChI is InChI=1S/C5H12.2ClH.Zn/c1-3-5-4-2;;;/h3-5H2,1-2H3;2*1H;/q;;;+2/p-2. The Kier molecular flexibility index (Phi) is 23.5. The number of unbranched alkanes of at least 4 members (excludes halogenated alkanes) is 2. The predicted octanol–water partition coefficient (Wildman–Crippen LogP) is 3.57. The van der Waals surface area contributed by atoms with Crippen LogP contribution in [0.5, 0.6) is 0 Å². The molecule has 0 aromatic rings. The van der Waals surface area contributed by atoms with Crippen molar-refractivity contribution in [3.63, 3.8) is 0 Å². The fourth-order valence-corrected chi connectivity index (χ4v) is 0.354. The molecule has 0 saturated heterocycles. The fraction of sp³-hybridized carbons (Fsp3) is 1.00. The van der Waals surface area contributed by atoms with Crippen molar-refractivity contribution < 1.29 is 15.1 Å². The minimum atomic E-state index is -0.931. The van der Waals surface area contributed by atoms with Gasteiger partial charge >= 0.3 is 34.5 Å². The Bertz CT molecular complexity index is 24.4. The molecule has 0 aromatic carbocycles. The van der Waals surface area contributed by atoms with E-state index in [1.165, 1.54) is 19.3 Å². The predicted molar refractivity (Wildman–Crippen MR) is 36.9 cm³/mol. The van der Waals surface area contributed by atoms with Crippen molar-refractivity contribution in [2.45, 2.75) is 33.1 Å². The Labute approximate surface area is 67.6 Å². The maximum atomic E-state index is 4.95. The van der Waals surface area contributed by atoms with Gasteiger partial charge in [0, 0.05) is 0 Å². The quantitative estimate of drug-likeness (QED) is 0.609. The normalized spacial score (nSPS) is 6.50. The van der Waals surface area contributed by atoms with Crippen LogP contribution in [0, 0.1) is 0 Å². The van der Waals surface area contributed by atoms with Gasteiger partial charge in [0.05, 0.1) is 0 Å². The number of halogens is 2. The van der Waals surface area contributed by atoms with Gasteiger partial charge in [0.1, 0.15) is 0 Å². The summed E-state index contributed by atoms with van der Waals surface area (Å²) in [6.45, 7) is 4.42. The van der Waals surface area contributed by atoms with Gasteiger partial charge in [0.2, 0.25) is 0 Å². The topological polar surface area (TPSA) is 0 Å². The van der Waals surface area contributed by atoms with Crippen molar-refractivity contribution in [1.82, 2.24) is 0 Å². The van der Waals surface area contributed by atoms with Crippen LogP contribution in [0.15, 0.2) is 0 Å². The minimum absolute atomic E-state index is 0.931. The molecule has 0 unspecified atom stereocenters. The first kappa shape index (κ1) is 11.9. The van der Waals surface area contributed by atoms with Crippen molar-refractivity contribution >= 4 is 19.4 Å². The van der Waals surface area contributed by atoms with Crippen LogP contribution in [0.4, 0.5) is 0 Å². The van der Waals surface area contributed by atoms with E-state index in [0.29, 0.717) is 0 Å². The first-order valence-corrected chi connectivity index (χ1v) is 10.7. The molecule has 0 nitrogen and oxygen atoms in total. The summed E-state index contributed by atoms with van der Waals surface area (Å²) in [6.07, 6.45) is 4.08. The molecule has 3 heteroatoms. The molecular formula is C5H12Cl2Zn. The van der Waals surface area contributed by atoms with Crippen LogP contribution < -0.4 is 0 Å². The zero-order chi connectivity index (χ0) is 6.83. The molecule has 0 spiro atoms. The summed E-state index contributed by atoms with van der Waals surface area (Å²) in [5.41, 5.74) is 0. The monoisotopic (exact) mass is 206 g/mol. The van der Waals surface area contributed by atoms with Gasteiger partial charge < -0.3 is 0 Å². The van der Waals surface area contributed by atoms with Gasteiger partial charge in [-0.2, -0.15) is 0 Å². The van der Waals surface area contributed by atoms with E-state index >= 15 is 0 Å². The van der Waals surface area contributed by atoms with E-state index in [4.69, 9.17) is 19.4 Å². The van der Waals surface area contributed by atoms with Crippen molar-refractivity contribution in [3.05, 3.63) is 0 Å². The summed E-state index contributed by atoms with van der Waals surface area (Å²) >= 11 is -0.931. The van der Waals surface area contributed by atoms with E-state index in [2.05, 4.69) is 13.8 Å². The van der Waals surface area contributed by atoms with Crippen LogP contribution in [0.25, 0.3) is 0 Å². The van der Waals surface area contributed by atoms with Crippen molar-refractivity contribution in [2.24, 2.45) is 0 Å². The van der Waals surface area contributed by atoms with Crippen LogP contribution in [0.2, 0.25) is 0 Å². The molecule has 0 rings (SSSR count). The van der Waals surface area contributed by atoms with E-state index in [-0.39, 0.29) is 0 Å². The summed E-state index contributed by atoms with van der Waals surface area (Å²) in [4.78, 5) is 0. The zero-order valence-corrected chi connectivity index (χ0v) is 10.1. The van der Waals surface area contributed by atoms with Gasteiger partial charge in [-0.05, 0) is 0 Å². The van der Waals surface area contributed by atoms with Gasteiger partial charge in [0.15, 0.2) is 0 Å². The molecule has 0 fully saturated rings. The van der Waals surface area contributed by atoms with E-state index < -0.39 is 15.1 Å². The summed E-state index contributed by atoms with van der Waals surface area (Å²) in [6, 6.07) is 0. The molecule has 0 atom stereocenters. The summed E-state index contributed by atoms with van der Waals surface area (Å²) < 4.78 is 0. The third kappa shape index (κ3) is 27.0.